The van der Waals surface area contributed by atoms with Crippen LogP contribution < -0.4 is 9.62 Å². The standard InChI is InChI=1S/C25H33Cl2N3O4S/c1-16(2)20-9-7-8-10-23(20)30(35(6,33)34)15-24(31)29(18(5)25(32)28-17(3)4)14-19-11-12-21(26)22(27)13-19/h7-13,16-18H,14-15H2,1-6H3,(H,28,32)/t18-/m1/s1. The molecule has 0 saturated carbocycles. The van der Waals surface area contributed by atoms with E-state index in [1.54, 1.807) is 37.3 Å². The lowest BCUT2D eigenvalue weighted by Crippen LogP contribution is -2.52. The van der Waals surface area contributed by atoms with E-state index in [1.807, 2.05) is 39.8 Å². The molecule has 2 rings (SSSR count). The van der Waals surface area contributed by atoms with Crippen LogP contribution in [0.4, 0.5) is 5.69 Å². The van der Waals surface area contributed by atoms with Gasteiger partial charge in [-0.3, -0.25) is 13.9 Å². The summed E-state index contributed by atoms with van der Waals surface area (Å²) in [5.74, 6) is -0.832. The highest BCUT2D eigenvalue weighted by molar-refractivity contribution is 7.92. The highest BCUT2D eigenvalue weighted by Gasteiger charge is 2.31. The number of anilines is 1. The van der Waals surface area contributed by atoms with Gasteiger partial charge in [-0.15, -0.1) is 0 Å². The first-order chi connectivity index (χ1) is 16.2. The van der Waals surface area contributed by atoms with Gasteiger partial charge in [0.1, 0.15) is 12.6 Å². The average Bonchev–Trinajstić information content (AvgIpc) is 2.76. The number of carbonyl (C=O) groups is 2. The lowest BCUT2D eigenvalue weighted by Gasteiger charge is -2.32. The van der Waals surface area contributed by atoms with E-state index in [1.165, 1.54) is 4.90 Å². The van der Waals surface area contributed by atoms with Crippen LogP contribution in [-0.2, 0) is 26.2 Å². The molecule has 0 spiro atoms. The van der Waals surface area contributed by atoms with E-state index in [-0.39, 0.29) is 24.4 Å². The van der Waals surface area contributed by atoms with E-state index in [9.17, 15) is 18.0 Å². The van der Waals surface area contributed by atoms with Crippen LogP contribution in [0.15, 0.2) is 42.5 Å². The Labute approximate surface area is 218 Å². The van der Waals surface area contributed by atoms with Crippen molar-refractivity contribution in [1.82, 2.24) is 10.2 Å². The van der Waals surface area contributed by atoms with Gasteiger partial charge in [-0.1, -0.05) is 61.3 Å². The molecular formula is C25H33Cl2N3O4S. The third-order valence-electron chi connectivity index (χ3n) is 5.44. The van der Waals surface area contributed by atoms with E-state index < -0.39 is 28.5 Å². The SMILES string of the molecule is CC(C)NC(=O)[C@@H](C)N(Cc1ccc(Cl)c(Cl)c1)C(=O)CN(c1ccccc1C(C)C)S(C)(=O)=O. The maximum Gasteiger partial charge on any atom is 0.244 e. The van der Waals surface area contributed by atoms with Gasteiger partial charge in [0.25, 0.3) is 0 Å². The Morgan fingerprint density at radius 2 is 1.60 bits per heavy atom. The minimum Gasteiger partial charge on any atom is -0.352 e. The summed E-state index contributed by atoms with van der Waals surface area (Å²) >= 11 is 12.2. The second-order valence-corrected chi connectivity index (χ2v) is 11.8. The Bertz CT molecular complexity index is 1170. The average molecular weight is 543 g/mol. The van der Waals surface area contributed by atoms with Crippen molar-refractivity contribution in [2.45, 2.75) is 59.2 Å². The van der Waals surface area contributed by atoms with Crippen LogP contribution in [0.5, 0.6) is 0 Å². The third kappa shape index (κ3) is 7.85. The molecule has 0 saturated heterocycles. The first kappa shape index (κ1) is 28.9. The van der Waals surface area contributed by atoms with Crippen molar-refractivity contribution in [2.24, 2.45) is 0 Å². The fourth-order valence-corrected chi connectivity index (χ4v) is 4.81. The summed E-state index contributed by atoms with van der Waals surface area (Å²) < 4.78 is 26.7. The maximum atomic E-state index is 13.6. The molecule has 10 heteroatoms. The monoisotopic (exact) mass is 541 g/mol. The second kappa shape index (κ2) is 12.1. The Morgan fingerprint density at radius 1 is 0.971 bits per heavy atom. The van der Waals surface area contributed by atoms with E-state index in [0.29, 0.717) is 21.3 Å². The van der Waals surface area contributed by atoms with E-state index >= 15 is 0 Å². The molecule has 0 heterocycles. The van der Waals surface area contributed by atoms with Crippen LogP contribution in [0.3, 0.4) is 0 Å². The molecule has 0 fully saturated rings. The van der Waals surface area contributed by atoms with Crippen LogP contribution in [0.1, 0.15) is 51.7 Å². The third-order valence-corrected chi connectivity index (χ3v) is 7.31. The molecule has 192 valence electrons. The van der Waals surface area contributed by atoms with Crippen molar-refractivity contribution in [3.63, 3.8) is 0 Å². The zero-order chi connectivity index (χ0) is 26.5. The van der Waals surface area contributed by atoms with Gasteiger partial charge in [0.15, 0.2) is 0 Å². The number of hydrogen-bond donors (Lipinski definition) is 1. The zero-order valence-corrected chi connectivity index (χ0v) is 23.2. The van der Waals surface area contributed by atoms with Gasteiger partial charge in [-0.25, -0.2) is 8.42 Å². The zero-order valence-electron chi connectivity index (χ0n) is 20.9. The molecular weight excluding hydrogens is 509 g/mol. The molecule has 2 aromatic carbocycles. The van der Waals surface area contributed by atoms with Crippen molar-refractivity contribution in [3.05, 3.63) is 63.6 Å². The van der Waals surface area contributed by atoms with E-state index in [2.05, 4.69) is 5.32 Å². The molecule has 0 aliphatic carbocycles. The van der Waals surface area contributed by atoms with E-state index in [4.69, 9.17) is 23.2 Å². The van der Waals surface area contributed by atoms with Crippen LogP contribution >= 0.6 is 23.2 Å². The molecule has 2 amide bonds. The van der Waals surface area contributed by atoms with Gasteiger partial charge >= 0.3 is 0 Å². The summed E-state index contributed by atoms with van der Waals surface area (Å²) in [5, 5.41) is 3.50. The fraction of sp³-hybridized carbons (Fsp3) is 0.440. The number of halogens is 2. The highest BCUT2D eigenvalue weighted by Crippen LogP contribution is 2.29. The maximum absolute atomic E-state index is 13.6. The molecule has 1 N–H and O–H groups in total. The minimum absolute atomic E-state index is 0.0357. The van der Waals surface area contributed by atoms with Gasteiger partial charge < -0.3 is 10.2 Å². The summed E-state index contributed by atoms with van der Waals surface area (Å²) in [5.41, 5.74) is 1.89. The van der Waals surface area contributed by atoms with Gasteiger partial charge in [0.05, 0.1) is 22.0 Å². The van der Waals surface area contributed by atoms with Crippen molar-refractivity contribution in [3.8, 4) is 0 Å². The molecule has 2 aromatic rings. The molecule has 7 nitrogen and oxygen atoms in total. The summed E-state index contributed by atoms with van der Waals surface area (Å²) in [6.07, 6.45) is 1.07. The number of nitrogens with one attached hydrogen (secondary N) is 1. The largest absolute Gasteiger partial charge is 0.352 e. The topological polar surface area (TPSA) is 86.8 Å². The molecule has 0 aromatic heterocycles. The number of rotatable bonds is 10. The van der Waals surface area contributed by atoms with Gasteiger partial charge in [-0.05, 0) is 56.0 Å². The number of hydrogen-bond acceptors (Lipinski definition) is 4. The van der Waals surface area contributed by atoms with Crippen molar-refractivity contribution in [1.29, 1.82) is 0 Å². The van der Waals surface area contributed by atoms with E-state index in [0.717, 1.165) is 16.1 Å². The van der Waals surface area contributed by atoms with Crippen LogP contribution in [0, 0.1) is 0 Å². The summed E-state index contributed by atoms with van der Waals surface area (Å²) in [7, 11) is -3.81. The van der Waals surface area contributed by atoms with Crippen LogP contribution in [0.25, 0.3) is 0 Å². The molecule has 0 aliphatic rings. The number of sulfonamides is 1. The number of amides is 2. The first-order valence-electron chi connectivity index (χ1n) is 11.3. The summed E-state index contributed by atoms with van der Waals surface area (Å²) in [6.45, 7) is 8.76. The number of benzene rings is 2. The Hall–Kier alpha value is -2.29. The lowest BCUT2D eigenvalue weighted by molar-refractivity contribution is -0.139. The van der Waals surface area contributed by atoms with Gasteiger partial charge in [0, 0.05) is 12.6 Å². The predicted molar refractivity (Wildman–Crippen MR) is 142 cm³/mol. The van der Waals surface area contributed by atoms with Crippen LogP contribution in [0.2, 0.25) is 10.0 Å². The number of carbonyl (C=O) groups excluding carboxylic acids is 2. The Morgan fingerprint density at radius 3 is 2.14 bits per heavy atom. The molecule has 0 bridgehead atoms. The quantitative estimate of drug-likeness (QED) is 0.466. The number of para-hydroxylation sites is 1. The normalized spacial score (nSPS) is 12.5. The smallest absolute Gasteiger partial charge is 0.244 e. The molecule has 1 atom stereocenters. The highest BCUT2D eigenvalue weighted by atomic mass is 35.5. The second-order valence-electron chi connectivity index (χ2n) is 9.09. The fourth-order valence-electron chi connectivity index (χ4n) is 3.62. The molecule has 0 radical (unpaired) electrons. The van der Waals surface area contributed by atoms with Gasteiger partial charge in [-0.2, -0.15) is 0 Å². The Kier molecular flexibility index (Phi) is 10.0. The lowest BCUT2D eigenvalue weighted by atomic mass is 10.0. The summed E-state index contributed by atoms with van der Waals surface area (Å²) in [6, 6.07) is 11.0. The van der Waals surface area contributed by atoms with Crippen molar-refractivity contribution in [2.75, 3.05) is 17.1 Å². The van der Waals surface area contributed by atoms with Crippen molar-refractivity contribution >= 4 is 50.7 Å². The number of nitrogens with zero attached hydrogens (tertiary/aromatic N) is 2. The van der Waals surface area contributed by atoms with Gasteiger partial charge in [0.2, 0.25) is 21.8 Å². The molecule has 0 unspecified atom stereocenters. The van der Waals surface area contributed by atoms with Crippen LogP contribution in [-0.4, -0.2) is 50.0 Å². The Balaban J connectivity index is 2.48. The summed E-state index contributed by atoms with van der Waals surface area (Å²) in [4.78, 5) is 27.8. The van der Waals surface area contributed by atoms with Crippen molar-refractivity contribution < 1.29 is 18.0 Å². The minimum atomic E-state index is -3.81. The first-order valence-corrected chi connectivity index (χ1v) is 13.9. The predicted octanol–water partition coefficient (Wildman–Crippen LogP) is 4.82. The molecule has 35 heavy (non-hydrogen) atoms. The molecule has 0 aliphatic heterocycles.